The molecule has 0 amide bonds. The van der Waals surface area contributed by atoms with Crippen LogP contribution in [0.4, 0.5) is 0 Å². The van der Waals surface area contributed by atoms with Gasteiger partial charge in [0.1, 0.15) is 43.4 Å². The van der Waals surface area contributed by atoms with Crippen molar-refractivity contribution in [3.63, 3.8) is 0 Å². The minimum atomic E-state index is -0.523. The predicted molar refractivity (Wildman–Crippen MR) is 147 cm³/mol. The van der Waals surface area contributed by atoms with Crippen LogP contribution in [0.5, 0.6) is 5.75 Å². The normalized spacial score (nSPS) is 10.8. The number of methoxy groups -OCH3 is 1. The van der Waals surface area contributed by atoms with E-state index in [0.29, 0.717) is 28.2 Å². The molecule has 0 radical (unpaired) electrons. The van der Waals surface area contributed by atoms with Crippen LogP contribution in [0.3, 0.4) is 0 Å². The molecule has 1 aliphatic carbocycles. The molecule has 0 aromatic heterocycles. The molecular weight excluding hydrogens is 482 g/mol. The number of esters is 2. The van der Waals surface area contributed by atoms with Crippen LogP contribution in [-0.2, 0) is 14.3 Å². The fraction of sp³-hybridized carbons (Fsp3) is 0.258. The summed E-state index contributed by atoms with van der Waals surface area (Å²) in [4.78, 5) is 24.8. The van der Waals surface area contributed by atoms with E-state index in [9.17, 15) is 9.59 Å². The molecule has 0 N–H and O–H groups in total. The number of fused-ring (bicyclic) bond motifs is 2. The van der Waals surface area contributed by atoms with Gasteiger partial charge in [-0.3, -0.25) is 0 Å². The van der Waals surface area contributed by atoms with Gasteiger partial charge in [-0.2, -0.15) is 0 Å². The zero-order chi connectivity index (χ0) is 27.2. The summed E-state index contributed by atoms with van der Waals surface area (Å²) in [5.74, 6) is 0.339. The van der Waals surface area contributed by atoms with Crippen LogP contribution in [0.2, 0.25) is 0 Å². The van der Waals surface area contributed by atoms with Gasteiger partial charge in [0.2, 0.25) is 5.36 Å². The lowest BCUT2D eigenvalue weighted by molar-refractivity contribution is -0.140. The highest BCUT2D eigenvalue weighted by Gasteiger charge is 2.23. The van der Waals surface area contributed by atoms with E-state index >= 15 is 0 Å². The van der Waals surface area contributed by atoms with Crippen LogP contribution in [0.1, 0.15) is 31.1 Å². The van der Waals surface area contributed by atoms with Crippen LogP contribution >= 0.6 is 0 Å². The second-order valence-electron chi connectivity index (χ2n) is 8.79. The smallest absolute Gasteiger partial charge is 0.338 e. The minimum absolute atomic E-state index is 0.0546. The third-order valence-corrected chi connectivity index (χ3v) is 6.35. The number of carbonyl (C=O) groups excluding carboxylic acids is 2. The van der Waals surface area contributed by atoms with Crippen molar-refractivity contribution in [2.24, 2.45) is 0 Å². The van der Waals surface area contributed by atoms with E-state index in [0.717, 1.165) is 35.0 Å². The molecule has 2 aliphatic rings. The number of ether oxygens (including phenoxy) is 3. The Kier molecular flexibility index (Phi) is 8.26. The Balaban J connectivity index is 1.85. The molecule has 0 atom stereocenters. The van der Waals surface area contributed by atoms with Crippen molar-refractivity contribution in [1.29, 1.82) is 0 Å². The summed E-state index contributed by atoms with van der Waals surface area (Å²) in [6.07, 6.45) is 0. The number of benzene rings is 3. The predicted octanol–water partition coefficient (Wildman–Crippen LogP) is 5.30. The van der Waals surface area contributed by atoms with Gasteiger partial charge >= 0.3 is 11.9 Å². The van der Waals surface area contributed by atoms with Crippen molar-refractivity contribution >= 4 is 22.9 Å². The minimum Gasteiger partial charge on any atom is -0.497 e. The lowest BCUT2D eigenvalue weighted by atomic mass is 9.90. The van der Waals surface area contributed by atoms with Crippen molar-refractivity contribution in [3.05, 3.63) is 83.7 Å². The summed E-state index contributed by atoms with van der Waals surface area (Å²) >= 11 is 0. The average Bonchev–Trinajstić information content (AvgIpc) is 2.94. The van der Waals surface area contributed by atoms with Crippen molar-refractivity contribution in [2.45, 2.75) is 20.8 Å². The lowest BCUT2D eigenvalue weighted by Crippen LogP contribution is -2.29. The molecule has 0 spiro atoms. The van der Waals surface area contributed by atoms with Crippen molar-refractivity contribution < 1.29 is 28.2 Å². The number of hydrogen-bond acceptors (Lipinski definition) is 6. The average molecular weight is 515 g/mol. The van der Waals surface area contributed by atoms with Crippen LogP contribution in [0, 0.1) is 0 Å². The molecule has 2 aromatic rings. The number of nitrogens with zero attached hydrogens (tertiary/aromatic N) is 1. The highest BCUT2D eigenvalue weighted by molar-refractivity contribution is 6.08. The molecule has 7 heteroatoms. The van der Waals surface area contributed by atoms with Crippen molar-refractivity contribution in [2.75, 3.05) is 33.4 Å². The maximum Gasteiger partial charge on any atom is 0.338 e. The molecule has 0 saturated heterocycles. The lowest BCUT2D eigenvalue weighted by Gasteiger charge is -2.18. The topological polar surface area (TPSA) is 78.0 Å². The van der Waals surface area contributed by atoms with Gasteiger partial charge in [0.25, 0.3) is 0 Å². The summed E-state index contributed by atoms with van der Waals surface area (Å²) in [6.45, 7) is 11.0. The van der Waals surface area contributed by atoms with E-state index in [1.807, 2.05) is 42.5 Å². The van der Waals surface area contributed by atoms with Crippen LogP contribution in [-0.4, -0.2) is 45.4 Å². The summed E-state index contributed by atoms with van der Waals surface area (Å²) in [6, 6.07) is 19.0. The Morgan fingerprint density at radius 1 is 0.921 bits per heavy atom. The zero-order valence-electron chi connectivity index (χ0n) is 22.2. The van der Waals surface area contributed by atoms with Crippen LogP contribution in [0.25, 0.3) is 33.4 Å². The van der Waals surface area contributed by atoms with Gasteiger partial charge in [0, 0.05) is 28.2 Å². The molecule has 1 aliphatic heterocycles. The molecule has 2 aromatic carbocycles. The molecule has 4 rings (SSSR count). The van der Waals surface area contributed by atoms with Crippen LogP contribution in [0.15, 0.2) is 77.2 Å². The van der Waals surface area contributed by atoms with Gasteiger partial charge < -0.3 is 18.6 Å². The first-order valence-corrected chi connectivity index (χ1v) is 12.6. The van der Waals surface area contributed by atoms with Gasteiger partial charge in [-0.15, -0.1) is 0 Å². The van der Waals surface area contributed by atoms with Gasteiger partial charge in [-0.25, -0.2) is 14.2 Å². The Hall–Kier alpha value is -4.39. The maximum absolute atomic E-state index is 13.2. The molecule has 38 heavy (non-hydrogen) atoms. The van der Waals surface area contributed by atoms with Crippen molar-refractivity contribution in [1.82, 2.24) is 4.58 Å². The van der Waals surface area contributed by atoms with Gasteiger partial charge in [0.15, 0.2) is 0 Å². The molecule has 7 nitrogen and oxygen atoms in total. The van der Waals surface area contributed by atoms with E-state index in [-0.39, 0.29) is 18.8 Å². The zero-order valence-corrected chi connectivity index (χ0v) is 22.2. The fourth-order valence-corrected chi connectivity index (χ4v) is 4.41. The SMILES string of the molecule is C=C(C)C(=O)OCCOC(=O)c1ccccc1-c1c2ccc(=[N+](CC)CC)cc-2oc2ccc(OC)cc12. The molecule has 1 heterocycles. The first kappa shape index (κ1) is 26.7. The molecule has 196 valence electrons. The third kappa shape index (κ3) is 5.47. The maximum atomic E-state index is 13.2. The van der Waals surface area contributed by atoms with Gasteiger partial charge in [-0.1, -0.05) is 24.8 Å². The summed E-state index contributed by atoms with van der Waals surface area (Å²) < 4.78 is 24.6. The Bertz CT molecular complexity index is 1540. The van der Waals surface area contributed by atoms with Gasteiger partial charge in [0.05, 0.1) is 18.7 Å². The number of hydrogen-bond donors (Lipinski definition) is 0. The van der Waals surface area contributed by atoms with E-state index in [2.05, 4.69) is 31.1 Å². The fourth-order valence-electron chi connectivity index (χ4n) is 4.41. The van der Waals surface area contributed by atoms with Gasteiger partial charge in [-0.05, 0) is 56.7 Å². The first-order chi connectivity index (χ1) is 18.4. The second-order valence-corrected chi connectivity index (χ2v) is 8.79. The standard InChI is InChI=1S/C31H32NO6/c1-6-32(7-2)21-12-14-25-28(18-21)38-27-15-13-22(35-5)19-26(27)29(25)23-10-8-9-11-24(23)31(34)37-17-16-36-30(33)20(3)4/h8-15,18-19H,3,6-7,16-17H2,1-2,4-5H3/q+1. The number of rotatable bonds is 9. The van der Waals surface area contributed by atoms with E-state index in [4.69, 9.17) is 18.6 Å². The second kappa shape index (κ2) is 11.8. The Morgan fingerprint density at radius 2 is 1.66 bits per heavy atom. The molecule has 0 bridgehead atoms. The summed E-state index contributed by atoms with van der Waals surface area (Å²) in [5, 5.41) is 1.87. The number of carbonyl (C=O) groups is 2. The van der Waals surface area contributed by atoms with Crippen LogP contribution < -0.4 is 14.7 Å². The third-order valence-electron chi connectivity index (χ3n) is 6.35. The monoisotopic (exact) mass is 514 g/mol. The summed E-state index contributed by atoms with van der Waals surface area (Å²) in [7, 11) is 1.61. The Labute approximate surface area is 221 Å². The Morgan fingerprint density at radius 3 is 2.37 bits per heavy atom. The summed E-state index contributed by atoms with van der Waals surface area (Å²) in [5.41, 5.74) is 3.74. The molecular formula is C31H32NO6+. The quantitative estimate of drug-likeness (QED) is 0.0992. The molecule has 0 unspecified atom stereocenters. The van der Waals surface area contributed by atoms with Crippen molar-refractivity contribution in [3.8, 4) is 28.2 Å². The highest BCUT2D eigenvalue weighted by Crippen LogP contribution is 2.42. The molecule has 0 fully saturated rings. The van der Waals surface area contributed by atoms with E-state index in [1.165, 1.54) is 0 Å². The van der Waals surface area contributed by atoms with E-state index < -0.39 is 11.9 Å². The highest BCUT2D eigenvalue weighted by atomic mass is 16.6. The first-order valence-electron chi connectivity index (χ1n) is 12.6. The molecule has 0 saturated carbocycles. The largest absolute Gasteiger partial charge is 0.497 e. The van der Waals surface area contributed by atoms with E-state index in [1.54, 1.807) is 26.2 Å².